The van der Waals surface area contributed by atoms with Gasteiger partial charge in [-0.25, -0.2) is 5.43 Å². The molecule has 3 N–H and O–H groups in total. The van der Waals surface area contributed by atoms with Gasteiger partial charge in [0, 0.05) is 17.7 Å². The first-order chi connectivity index (χ1) is 12.5. The van der Waals surface area contributed by atoms with Crippen molar-refractivity contribution < 1.29 is 19.6 Å². The summed E-state index contributed by atoms with van der Waals surface area (Å²) in [5.41, 5.74) is 2.96. The summed E-state index contributed by atoms with van der Waals surface area (Å²) >= 11 is 0. The molecule has 1 atom stereocenters. The molecule has 9 heteroatoms. The van der Waals surface area contributed by atoms with Gasteiger partial charge in [-0.1, -0.05) is 30.3 Å². The van der Waals surface area contributed by atoms with E-state index in [4.69, 9.17) is 0 Å². The summed E-state index contributed by atoms with van der Waals surface area (Å²) in [6, 6.07) is 12.7. The van der Waals surface area contributed by atoms with Gasteiger partial charge in [0.05, 0.1) is 17.7 Å². The Hall–Kier alpha value is -3.59. The number of amides is 2. The van der Waals surface area contributed by atoms with E-state index in [1.54, 1.807) is 12.1 Å². The van der Waals surface area contributed by atoms with Crippen LogP contribution in [0.1, 0.15) is 15.9 Å². The van der Waals surface area contributed by atoms with E-state index in [0.29, 0.717) is 0 Å². The minimum Gasteiger partial charge on any atom is -0.394 e. The number of nitro groups is 1. The van der Waals surface area contributed by atoms with Crippen LogP contribution in [0.4, 0.5) is 5.69 Å². The van der Waals surface area contributed by atoms with E-state index < -0.39 is 29.4 Å². The van der Waals surface area contributed by atoms with E-state index in [9.17, 15) is 24.8 Å². The molecule has 0 spiro atoms. The molecule has 0 unspecified atom stereocenters. The summed E-state index contributed by atoms with van der Waals surface area (Å²) in [5.74, 6) is -1.35. The molecule has 0 bridgehead atoms. The third-order valence-electron chi connectivity index (χ3n) is 3.33. The Morgan fingerprint density at radius 1 is 1.15 bits per heavy atom. The van der Waals surface area contributed by atoms with Gasteiger partial charge >= 0.3 is 0 Å². The molecule has 2 amide bonds. The predicted molar refractivity (Wildman–Crippen MR) is 93.6 cm³/mol. The zero-order valence-corrected chi connectivity index (χ0v) is 13.5. The van der Waals surface area contributed by atoms with Gasteiger partial charge in [-0.15, -0.1) is 0 Å². The molecule has 0 radical (unpaired) electrons. The van der Waals surface area contributed by atoms with Crippen molar-refractivity contribution in [2.24, 2.45) is 5.10 Å². The standard InChI is InChI=1S/C17H16N4O5/c22-11-15(17(24)20-18-10-12-4-2-1-3-5-12)19-16(23)13-6-8-14(9-7-13)21(25)26/h1-10,15,22H,11H2,(H,19,23)(H,20,24)/b18-10+/t15-/m0/s1. The lowest BCUT2D eigenvalue weighted by atomic mass is 10.2. The van der Waals surface area contributed by atoms with Gasteiger partial charge in [0.25, 0.3) is 17.5 Å². The highest BCUT2D eigenvalue weighted by Gasteiger charge is 2.20. The Morgan fingerprint density at radius 3 is 2.38 bits per heavy atom. The second-order valence-corrected chi connectivity index (χ2v) is 5.16. The Morgan fingerprint density at radius 2 is 1.81 bits per heavy atom. The Kier molecular flexibility index (Phi) is 6.52. The van der Waals surface area contributed by atoms with Crippen molar-refractivity contribution in [1.82, 2.24) is 10.7 Å². The lowest BCUT2D eigenvalue weighted by molar-refractivity contribution is -0.384. The molecule has 0 saturated carbocycles. The number of carbonyl (C=O) groups is 2. The Balaban J connectivity index is 1.94. The normalized spacial score (nSPS) is 11.7. The number of rotatable bonds is 7. The number of aliphatic hydroxyl groups is 1. The van der Waals surface area contributed by atoms with Crippen LogP contribution in [0.25, 0.3) is 0 Å². The van der Waals surface area contributed by atoms with Crippen molar-refractivity contribution in [3.05, 3.63) is 75.8 Å². The third-order valence-corrected chi connectivity index (χ3v) is 3.33. The van der Waals surface area contributed by atoms with Crippen molar-refractivity contribution in [3.63, 3.8) is 0 Å². The van der Waals surface area contributed by atoms with E-state index in [-0.39, 0.29) is 11.3 Å². The summed E-state index contributed by atoms with van der Waals surface area (Å²) < 4.78 is 0. The van der Waals surface area contributed by atoms with Crippen molar-refractivity contribution >= 4 is 23.7 Å². The first-order valence-electron chi connectivity index (χ1n) is 7.55. The average Bonchev–Trinajstić information content (AvgIpc) is 2.66. The highest BCUT2D eigenvalue weighted by molar-refractivity contribution is 5.97. The maximum atomic E-state index is 12.1. The van der Waals surface area contributed by atoms with Crippen molar-refractivity contribution in [1.29, 1.82) is 0 Å². The number of non-ortho nitro benzene ring substituents is 1. The van der Waals surface area contributed by atoms with Gasteiger partial charge in [0.2, 0.25) is 0 Å². The van der Waals surface area contributed by atoms with Gasteiger partial charge in [-0.05, 0) is 17.7 Å². The Labute approximate surface area is 148 Å². The molecule has 0 saturated heterocycles. The van der Waals surface area contributed by atoms with Gasteiger partial charge in [0.15, 0.2) is 0 Å². The van der Waals surface area contributed by atoms with Crippen molar-refractivity contribution in [3.8, 4) is 0 Å². The van der Waals surface area contributed by atoms with Crippen molar-refractivity contribution in [2.45, 2.75) is 6.04 Å². The summed E-state index contributed by atoms with van der Waals surface area (Å²) in [4.78, 5) is 34.1. The molecular formula is C17H16N4O5. The molecule has 2 aromatic rings. The molecule has 0 aliphatic heterocycles. The van der Waals surface area contributed by atoms with Crippen LogP contribution >= 0.6 is 0 Å². The van der Waals surface area contributed by atoms with E-state index in [0.717, 1.165) is 5.56 Å². The smallest absolute Gasteiger partial charge is 0.269 e. The fraction of sp³-hybridized carbons (Fsp3) is 0.118. The van der Waals surface area contributed by atoms with Crippen LogP contribution in [0.15, 0.2) is 59.7 Å². The van der Waals surface area contributed by atoms with E-state index in [1.165, 1.54) is 30.5 Å². The van der Waals surface area contributed by atoms with Gasteiger partial charge in [-0.2, -0.15) is 5.10 Å². The highest BCUT2D eigenvalue weighted by atomic mass is 16.6. The lowest BCUT2D eigenvalue weighted by Gasteiger charge is -2.14. The molecule has 134 valence electrons. The van der Waals surface area contributed by atoms with Gasteiger partial charge in [-0.3, -0.25) is 19.7 Å². The van der Waals surface area contributed by atoms with Gasteiger partial charge in [0.1, 0.15) is 6.04 Å². The fourth-order valence-electron chi connectivity index (χ4n) is 1.96. The molecule has 0 heterocycles. The zero-order valence-electron chi connectivity index (χ0n) is 13.5. The minimum absolute atomic E-state index is 0.120. The van der Waals surface area contributed by atoms with Crippen LogP contribution in [0.5, 0.6) is 0 Å². The second-order valence-electron chi connectivity index (χ2n) is 5.16. The lowest BCUT2D eigenvalue weighted by Crippen LogP contribution is -2.47. The number of hydrogen-bond acceptors (Lipinski definition) is 6. The average molecular weight is 356 g/mol. The number of hydrazone groups is 1. The number of carbonyl (C=O) groups excluding carboxylic acids is 2. The first kappa shape index (κ1) is 18.7. The molecule has 2 rings (SSSR count). The molecule has 2 aromatic carbocycles. The second kappa shape index (κ2) is 9.04. The summed E-state index contributed by atoms with van der Waals surface area (Å²) in [5, 5.41) is 26.0. The first-order valence-corrected chi connectivity index (χ1v) is 7.55. The van der Waals surface area contributed by atoms with Crippen LogP contribution in [-0.4, -0.2) is 40.7 Å². The summed E-state index contributed by atoms with van der Waals surface area (Å²) in [6.07, 6.45) is 1.42. The molecule has 0 fully saturated rings. The maximum Gasteiger partial charge on any atom is 0.269 e. The highest BCUT2D eigenvalue weighted by Crippen LogP contribution is 2.11. The van der Waals surface area contributed by atoms with E-state index in [2.05, 4.69) is 15.8 Å². The SMILES string of the molecule is O=C(N[C@@H](CO)C(=O)N/N=C/c1ccccc1)c1ccc([N+](=O)[O-])cc1. The molecule has 0 aliphatic rings. The fourth-order valence-corrected chi connectivity index (χ4v) is 1.96. The third kappa shape index (κ3) is 5.21. The molecule has 0 aliphatic carbocycles. The quantitative estimate of drug-likeness (QED) is 0.384. The van der Waals surface area contributed by atoms with Crippen LogP contribution in [0.2, 0.25) is 0 Å². The number of nitrogens with zero attached hydrogens (tertiary/aromatic N) is 2. The number of aliphatic hydroxyl groups excluding tert-OH is 1. The van der Waals surface area contributed by atoms with E-state index in [1.807, 2.05) is 18.2 Å². The summed E-state index contributed by atoms with van der Waals surface area (Å²) in [6.45, 7) is -0.634. The molecule has 26 heavy (non-hydrogen) atoms. The van der Waals surface area contributed by atoms with Crippen LogP contribution in [-0.2, 0) is 4.79 Å². The van der Waals surface area contributed by atoms with E-state index >= 15 is 0 Å². The molecular weight excluding hydrogens is 340 g/mol. The van der Waals surface area contributed by atoms with Crippen LogP contribution in [0.3, 0.4) is 0 Å². The van der Waals surface area contributed by atoms with Gasteiger partial charge < -0.3 is 10.4 Å². The largest absolute Gasteiger partial charge is 0.394 e. The maximum absolute atomic E-state index is 12.1. The zero-order chi connectivity index (χ0) is 18.9. The van der Waals surface area contributed by atoms with Crippen LogP contribution < -0.4 is 10.7 Å². The van der Waals surface area contributed by atoms with Crippen molar-refractivity contribution in [2.75, 3.05) is 6.61 Å². The summed E-state index contributed by atoms with van der Waals surface area (Å²) in [7, 11) is 0. The molecule has 9 nitrogen and oxygen atoms in total. The monoisotopic (exact) mass is 356 g/mol. The minimum atomic E-state index is -1.22. The van der Waals surface area contributed by atoms with Crippen LogP contribution in [0, 0.1) is 10.1 Å². The Bertz CT molecular complexity index is 806. The number of nitrogens with one attached hydrogen (secondary N) is 2. The number of benzene rings is 2. The topological polar surface area (TPSA) is 134 Å². The predicted octanol–water partition coefficient (Wildman–Crippen LogP) is 0.836. The number of nitro benzene ring substituents is 1. The number of hydrogen-bond donors (Lipinski definition) is 3. The molecule has 0 aromatic heterocycles.